The number of carbonyl (C=O) groups is 2. The van der Waals surface area contributed by atoms with Crippen LogP contribution in [0.15, 0.2) is 54.7 Å². The second-order valence-corrected chi connectivity index (χ2v) is 8.22. The molecule has 0 bridgehead atoms. The van der Waals surface area contributed by atoms with Gasteiger partial charge in [-0.2, -0.15) is 0 Å². The van der Waals surface area contributed by atoms with Crippen LogP contribution in [-0.4, -0.2) is 35.8 Å². The number of rotatable bonds is 7. The number of benzene rings is 2. The molecule has 2 aromatic carbocycles. The number of fused-ring (bicyclic) bond motifs is 1. The van der Waals surface area contributed by atoms with E-state index in [2.05, 4.69) is 10.3 Å². The summed E-state index contributed by atoms with van der Waals surface area (Å²) in [5.41, 5.74) is 1.96. The summed E-state index contributed by atoms with van der Waals surface area (Å²) in [6.45, 7) is 5.36. The van der Waals surface area contributed by atoms with Gasteiger partial charge in [0.1, 0.15) is 24.0 Å². The maximum Gasteiger partial charge on any atom is 0.408 e. The first kappa shape index (κ1) is 22.2. The Bertz CT molecular complexity index is 1050. The van der Waals surface area contributed by atoms with E-state index in [1.54, 1.807) is 33.9 Å². The van der Waals surface area contributed by atoms with E-state index in [0.717, 1.165) is 22.0 Å². The maximum absolute atomic E-state index is 12.9. The second kappa shape index (κ2) is 9.55. The van der Waals surface area contributed by atoms with Crippen molar-refractivity contribution < 1.29 is 23.8 Å². The molecule has 0 radical (unpaired) electrons. The lowest BCUT2D eigenvalue weighted by molar-refractivity contribution is -0.147. The Morgan fingerprint density at radius 2 is 1.87 bits per heavy atom. The number of aromatic amines is 1. The highest BCUT2D eigenvalue weighted by molar-refractivity contribution is 5.86. The number of ether oxygens (including phenoxy) is 3. The van der Waals surface area contributed by atoms with E-state index in [1.165, 1.54) is 0 Å². The molecule has 3 aromatic rings. The number of hydrogen-bond donors (Lipinski definition) is 2. The van der Waals surface area contributed by atoms with Crippen molar-refractivity contribution >= 4 is 23.0 Å². The Kier molecular flexibility index (Phi) is 6.84. The number of para-hydroxylation sites is 1. The molecule has 0 saturated carbocycles. The van der Waals surface area contributed by atoms with Crippen molar-refractivity contribution in [1.29, 1.82) is 0 Å². The average Bonchev–Trinajstić information content (AvgIpc) is 3.13. The van der Waals surface area contributed by atoms with Gasteiger partial charge in [0.25, 0.3) is 0 Å². The van der Waals surface area contributed by atoms with E-state index in [-0.39, 0.29) is 13.0 Å². The van der Waals surface area contributed by atoms with Crippen molar-refractivity contribution in [2.45, 2.75) is 45.4 Å². The molecule has 0 saturated heterocycles. The molecule has 0 fully saturated rings. The zero-order chi connectivity index (χ0) is 22.4. The Labute approximate surface area is 181 Å². The van der Waals surface area contributed by atoms with Crippen LogP contribution in [0, 0.1) is 0 Å². The number of hydrogen-bond acceptors (Lipinski definition) is 5. The van der Waals surface area contributed by atoms with Crippen molar-refractivity contribution in [3.63, 3.8) is 0 Å². The summed E-state index contributed by atoms with van der Waals surface area (Å²) in [5.74, 6) is 0.134. The Balaban J connectivity index is 1.75. The van der Waals surface area contributed by atoms with Crippen LogP contribution in [0.3, 0.4) is 0 Å². The van der Waals surface area contributed by atoms with Gasteiger partial charge in [0.15, 0.2) is 0 Å². The summed E-state index contributed by atoms with van der Waals surface area (Å²) in [6.07, 6.45) is 1.43. The number of carbonyl (C=O) groups excluding carboxylic acids is 2. The molecule has 0 spiro atoms. The van der Waals surface area contributed by atoms with E-state index in [4.69, 9.17) is 14.2 Å². The summed E-state index contributed by atoms with van der Waals surface area (Å²) in [7, 11) is 1.58. The lowest BCUT2D eigenvalue weighted by Gasteiger charge is -2.23. The Morgan fingerprint density at radius 3 is 2.61 bits per heavy atom. The summed E-state index contributed by atoms with van der Waals surface area (Å²) >= 11 is 0. The van der Waals surface area contributed by atoms with Gasteiger partial charge in [-0.1, -0.05) is 30.3 Å². The third-order valence-electron chi connectivity index (χ3n) is 4.59. The fourth-order valence-corrected chi connectivity index (χ4v) is 3.18. The van der Waals surface area contributed by atoms with Gasteiger partial charge in [-0.25, -0.2) is 9.59 Å². The number of amides is 1. The van der Waals surface area contributed by atoms with Crippen LogP contribution >= 0.6 is 0 Å². The standard InChI is InChI=1S/C24H28N2O5/c1-24(2,3)31-23(28)26-21(13-17-14-25-20-11-6-5-10-19(17)20)22(27)30-15-16-8-7-9-18(12-16)29-4/h5-12,14,21,25H,13,15H2,1-4H3,(H,26,28)/t21-/m0/s1. The van der Waals surface area contributed by atoms with Gasteiger partial charge in [-0.05, 0) is 50.1 Å². The summed E-state index contributed by atoms with van der Waals surface area (Å²) in [6, 6.07) is 14.1. The van der Waals surface area contributed by atoms with Gasteiger partial charge in [0.05, 0.1) is 7.11 Å². The van der Waals surface area contributed by atoms with Crippen molar-refractivity contribution in [3.8, 4) is 5.75 Å². The van der Waals surface area contributed by atoms with E-state index >= 15 is 0 Å². The van der Waals surface area contributed by atoms with E-state index in [1.807, 2.05) is 48.7 Å². The third kappa shape index (κ3) is 6.25. The van der Waals surface area contributed by atoms with Crippen molar-refractivity contribution in [1.82, 2.24) is 10.3 Å². The number of aromatic nitrogens is 1. The van der Waals surface area contributed by atoms with Gasteiger partial charge in [-0.3, -0.25) is 0 Å². The predicted octanol–water partition coefficient (Wildman–Crippen LogP) is 4.36. The fourth-order valence-electron chi connectivity index (χ4n) is 3.18. The third-order valence-corrected chi connectivity index (χ3v) is 4.59. The molecule has 1 atom stereocenters. The number of nitrogens with one attached hydrogen (secondary N) is 2. The molecule has 164 valence electrons. The highest BCUT2D eigenvalue weighted by atomic mass is 16.6. The van der Waals surface area contributed by atoms with Crippen LogP contribution in [0.4, 0.5) is 4.79 Å². The summed E-state index contributed by atoms with van der Waals surface area (Å²) < 4.78 is 16.0. The SMILES string of the molecule is COc1cccc(COC(=O)[C@H](Cc2c[nH]c3ccccc23)NC(=O)OC(C)(C)C)c1. The average molecular weight is 424 g/mol. The lowest BCUT2D eigenvalue weighted by atomic mass is 10.1. The van der Waals surface area contributed by atoms with Crippen LogP contribution in [-0.2, 0) is 27.3 Å². The Hall–Kier alpha value is -3.48. The quantitative estimate of drug-likeness (QED) is 0.550. The van der Waals surface area contributed by atoms with Gasteiger partial charge >= 0.3 is 12.1 Å². The maximum atomic E-state index is 12.9. The molecule has 0 aliphatic carbocycles. The summed E-state index contributed by atoms with van der Waals surface area (Å²) in [5, 5.41) is 3.65. The first-order valence-corrected chi connectivity index (χ1v) is 10.1. The van der Waals surface area contributed by atoms with Gasteiger partial charge in [0.2, 0.25) is 0 Å². The van der Waals surface area contributed by atoms with Crippen LogP contribution < -0.4 is 10.1 Å². The topological polar surface area (TPSA) is 89.7 Å². The molecule has 0 aliphatic rings. The van der Waals surface area contributed by atoms with Crippen LogP contribution in [0.1, 0.15) is 31.9 Å². The smallest absolute Gasteiger partial charge is 0.408 e. The van der Waals surface area contributed by atoms with Crippen molar-refractivity contribution in [2.75, 3.05) is 7.11 Å². The first-order chi connectivity index (χ1) is 14.7. The normalized spacial score (nSPS) is 12.3. The largest absolute Gasteiger partial charge is 0.497 e. The van der Waals surface area contributed by atoms with Crippen molar-refractivity contribution in [3.05, 3.63) is 65.9 Å². The molecular weight excluding hydrogens is 396 g/mol. The molecule has 31 heavy (non-hydrogen) atoms. The molecule has 7 nitrogen and oxygen atoms in total. The zero-order valence-electron chi connectivity index (χ0n) is 18.2. The molecule has 1 aromatic heterocycles. The molecular formula is C24H28N2O5. The van der Waals surface area contributed by atoms with Gasteiger partial charge in [0, 0.05) is 23.5 Å². The van der Waals surface area contributed by atoms with Crippen molar-refractivity contribution in [2.24, 2.45) is 0 Å². The van der Waals surface area contributed by atoms with E-state index < -0.39 is 23.7 Å². The minimum Gasteiger partial charge on any atom is -0.497 e. The highest BCUT2D eigenvalue weighted by Gasteiger charge is 2.27. The molecule has 2 N–H and O–H groups in total. The fraction of sp³-hybridized carbons (Fsp3) is 0.333. The lowest BCUT2D eigenvalue weighted by Crippen LogP contribution is -2.45. The number of alkyl carbamates (subject to hydrolysis) is 1. The number of H-pyrrole nitrogens is 1. The van der Waals surface area contributed by atoms with Gasteiger partial charge in [-0.15, -0.1) is 0 Å². The minimum atomic E-state index is -0.903. The minimum absolute atomic E-state index is 0.0659. The molecule has 0 unspecified atom stereocenters. The van der Waals surface area contributed by atoms with E-state index in [9.17, 15) is 9.59 Å². The van der Waals surface area contributed by atoms with Crippen LogP contribution in [0.2, 0.25) is 0 Å². The van der Waals surface area contributed by atoms with Crippen LogP contribution in [0.5, 0.6) is 5.75 Å². The number of esters is 1. The first-order valence-electron chi connectivity index (χ1n) is 10.1. The second-order valence-electron chi connectivity index (χ2n) is 8.22. The zero-order valence-corrected chi connectivity index (χ0v) is 18.2. The highest BCUT2D eigenvalue weighted by Crippen LogP contribution is 2.20. The molecule has 7 heteroatoms. The molecule has 3 rings (SSSR count). The van der Waals surface area contributed by atoms with Crippen LogP contribution in [0.25, 0.3) is 10.9 Å². The molecule has 1 heterocycles. The summed E-state index contributed by atoms with van der Waals surface area (Å²) in [4.78, 5) is 28.4. The number of methoxy groups -OCH3 is 1. The predicted molar refractivity (Wildman–Crippen MR) is 118 cm³/mol. The molecule has 1 amide bonds. The van der Waals surface area contributed by atoms with Gasteiger partial charge < -0.3 is 24.5 Å². The molecule has 0 aliphatic heterocycles. The van der Waals surface area contributed by atoms with E-state index in [0.29, 0.717) is 5.75 Å². The monoisotopic (exact) mass is 424 g/mol. The Morgan fingerprint density at radius 1 is 1.10 bits per heavy atom.